The van der Waals surface area contributed by atoms with Gasteiger partial charge in [-0.25, -0.2) is 0 Å². The lowest BCUT2D eigenvalue weighted by atomic mass is 9.80. The molecule has 1 fully saturated rings. The van der Waals surface area contributed by atoms with Crippen LogP contribution in [0.15, 0.2) is 0 Å². The Morgan fingerprint density at radius 2 is 1.67 bits per heavy atom. The molecule has 3 heteroatoms. The van der Waals surface area contributed by atoms with Crippen molar-refractivity contribution in [2.24, 2.45) is 11.3 Å². The van der Waals surface area contributed by atoms with Crippen LogP contribution in [0.1, 0.15) is 62.3 Å². The van der Waals surface area contributed by atoms with Gasteiger partial charge in [-0.1, -0.05) is 27.7 Å². The van der Waals surface area contributed by atoms with Gasteiger partial charge in [-0.2, -0.15) is 0 Å². The molecule has 0 bridgehead atoms. The van der Waals surface area contributed by atoms with Gasteiger partial charge in [0.05, 0.1) is 11.2 Å². The highest BCUT2D eigenvalue weighted by Gasteiger charge is 2.53. The number of rotatable bonds is 5. The smallest absolute Gasteiger partial charge is 0.0790 e. The Morgan fingerprint density at radius 3 is 2.10 bits per heavy atom. The molecule has 0 aromatic rings. The van der Waals surface area contributed by atoms with Gasteiger partial charge in [0.15, 0.2) is 0 Å². The van der Waals surface area contributed by atoms with E-state index in [9.17, 15) is 0 Å². The molecule has 3 nitrogen and oxygen atoms in total. The molecule has 1 rings (SSSR count). The van der Waals surface area contributed by atoms with Crippen molar-refractivity contribution in [2.45, 2.75) is 85.6 Å². The lowest BCUT2D eigenvalue weighted by Gasteiger charge is -2.40. The summed E-state index contributed by atoms with van der Waals surface area (Å²) < 4.78 is 6.39. The van der Waals surface area contributed by atoms with Gasteiger partial charge in [-0.05, 0) is 53.6 Å². The van der Waals surface area contributed by atoms with Crippen molar-refractivity contribution >= 4 is 0 Å². The summed E-state index contributed by atoms with van der Waals surface area (Å²) in [5, 5.41) is 3.67. The Balaban J connectivity index is 2.92. The molecule has 21 heavy (non-hydrogen) atoms. The van der Waals surface area contributed by atoms with Gasteiger partial charge in [-0.15, -0.1) is 0 Å². The first kappa shape index (κ1) is 18.9. The van der Waals surface area contributed by atoms with Crippen LogP contribution >= 0.6 is 0 Å². The Hall–Kier alpha value is -0.120. The SMILES string of the molecule is CCNC1C(CN(C)C(C)C(C)(C)C)C(C)(C)OC1(C)C. The van der Waals surface area contributed by atoms with Crippen molar-refractivity contribution < 1.29 is 4.74 Å². The Kier molecular flexibility index (Phi) is 5.56. The summed E-state index contributed by atoms with van der Waals surface area (Å²) >= 11 is 0. The van der Waals surface area contributed by atoms with E-state index in [4.69, 9.17) is 4.74 Å². The topological polar surface area (TPSA) is 24.5 Å². The van der Waals surface area contributed by atoms with Gasteiger partial charge in [0.1, 0.15) is 0 Å². The lowest BCUT2D eigenvalue weighted by molar-refractivity contribution is -0.0804. The Morgan fingerprint density at radius 1 is 1.14 bits per heavy atom. The molecule has 3 unspecified atom stereocenters. The van der Waals surface area contributed by atoms with Crippen LogP contribution < -0.4 is 5.32 Å². The maximum atomic E-state index is 6.39. The zero-order valence-electron chi connectivity index (χ0n) is 16.0. The van der Waals surface area contributed by atoms with Crippen LogP contribution in [0.25, 0.3) is 0 Å². The molecule has 0 aromatic heterocycles. The largest absolute Gasteiger partial charge is 0.368 e. The minimum absolute atomic E-state index is 0.0950. The quantitative estimate of drug-likeness (QED) is 0.840. The summed E-state index contributed by atoms with van der Waals surface area (Å²) in [4.78, 5) is 2.50. The van der Waals surface area contributed by atoms with Crippen LogP contribution in [0, 0.1) is 11.3 Å². The van der Waals surface area contributed by atoms with Crippen LogP contribution in [0.3, 0.4) is 0 Å². The monoisotopic (exact) mass is 298 g/mol. The average molecular weight is 299 g/mol. The van der Waals surface area contributed by atoms with Crippen molar-refractivity contribution in [1.82, 2.24) is 10.2 Å². The standard InChI is InChI=1S/C18H38N2O/c1-11-19-15-14(17(6,7)21-18(15,8)9)12-20(10)13(2)16(3,4)5/h13-15,19H,11-12H2,1-10H3. The van der Waals surface area contributed by atoms with Gasteiger partial charge in [0.2, 0.25) is 0 Å². The van der Waals surface area contributed by atoms with Crippen molar-refractivity contribution in [3.05, 3.63) is 0 Å². The molecule has 0 amide bonds. The third kappa shape index (κ3) is 4.20. The third-order valence-electron chi connectivity index (χ3n) is 5.39. The molecule has 1 N–H and O–H groups in total. The number of nitrogens with one attached hydrogen (secondary N) is 1. The summed E-state index contributed by atoms with van der Waals surface area (Å²) in [5.41, 5.74) is 0.0831. The van der Waals surface area contributed by atoms with E-state index < -0.39 is 0 Å². The Bertz CT molecular complexity index is 344. The second-order valence-corrected chi connectivity index (χ2v) is 8.93. The summed E-state index contributed by atoms with van der Waals surface area (Å²) in [7, 11) is 2.25. The van der Waals surface area contributed by atoms with Crippen molar-refractivity contribution in [3.63, 3.8) is 0 Å². The number of hydrogen-bond acceptors (Lipinski definition) is 3. The van der Waals surface area contributed by atoms with E-state index >= 15 is 0 Å². The van der Waals surface area contributed by atoms with E-state index in [2.05, 4.69) is 79.6 Å². The first-order valence-electron chi connectivity index (χ1n) is 8.46. The average Bonchev–Trinajstić information content (AvgIpc) is 2.45. The molecular weight excluding hydrogens is 260 g/mol. The summed E-state index contributed by atoms with van der Waals surface area (Å²) in [6.07, 6.45) is 0. The molecule has 1 aliphatic heterocycles. The number of hydrogen-bond donors (Lipinski definition) is 1. The van der Waals surface area contributed by atoms with Gasteiger partial charge in [-0.3, -0.25) is 0 Å². The van der Waals surface area contributed by atoms with E-state index in [1.165, 1.54) is 0 Å². The number of ether oxygens (including phenoxy) is 1. The summed E-state index contributed by atoms with van der Waals surface area (Å²) in [5.74, 6) is 0.488. The van der Waals surface area contributed by atoms with Crippen LogP contribution in [-0.4, -0.2) is 48.3 Å². The maximum absolute atomic E-state index is 6.39. The van der Waals surface area contributed by atoms with Gasteiger partial charge < -0.3 is 15.0 Å². The van der Waals surface area contributed by atoms with E-state index in [-0.39, 0.29) is 11.2 Å². The van der Waals surface area contributed by atoms with Crippen molar-refractivity contribution in [1.29, 1.82) is 0 Å². The predicted octanol–water partition coefficient (Wildman–Crippen LogP) is 3.53. The molecule has 3 atom stereocenters. The normalized spacial score (nSPS) is 29.9. The van der Waals surface area contributed by atoms with Crippen LogP contribution in [0.5, 0.6) is 0 Å². The van der Waals surface area contributed by atoms with Crippen LogP contribution in [-0.2, 0) is 4.74 Å². The van der Waals surface area contributed by atoms with E-state index in [0.29, 0.717) is 23.4 Å². The molecule has 0 aromatic carbocycles. The second kappa shape index (κ2) is 6.17. The predicted molar refractivity (Wildman–Crippen MR) is 91.7 cm³/mol. The highest BCUT2D eigenvalue weighted by molar-refractivity contribution is 5.06. The highest BCUT2D eigenvalue weighted by Crippen LogP contribution is 2.43. The van der Waals surface area contributed by atoms with E-state index in [1.54, 1.807) is 0 Å². The molecule has 1 saturated heterocycles. The van der Waals surface area contributed by atoms with E-state index in [1.807, 2.05) is 0 Å². The van der Waals surface area contributed by atoms with Gasteiger partial charge >= 0.3 is 0 Å². The molecule has 0 radical (unpaired) electrons. The first-order chi connectivity index (χ1) is 9.33. The summed E-state index contributed by atoms with van der Waals surface area (Å²) in [6.45, 7) is 22.4. The zero-order valence-corrected chi connectivity index (χ0v) is 16.0. The third-order valence-corrected chi connectivity index (χ3v) is 5.39. The first-order valence-corrected chi connectivity index (χ1v) is 8.46. The van der Waals surface area contributed by atoms with E-state index in [0.717, 1.165) is 13.1 Å². The zero-order chi connectivity index (χ0) is 16.6. The highest BCUT2D eigenvalue weighted by atomic mass is 16.5. The van der Waals surface area contributed by atoms with Gasteiger partial charge in [0, 0.05) is 24.5 Å². The molecule has 0 saturated carbocycles. The minimum Gasteiger partial charge on any atom is -0.368 e. The van der Waals surface area contributed by atoms with Gasteiger partial charge in [0.25, 0.3) is 0 Å². The van der Waals surface area contributed by atoms with Crippen molar-refractivity contribution in [2.75, 3.05) is 20.1 Å². The molecule has 1 aliphatic rings. The molecule has 0 spiro atoms. The summed E-state index contributed by atoms with van der Waals surface area (Å²) in [6, 6.07) is 0.936. The molecule has 1 heterocycles. The number of likely N-dealkylation sites (N-methyl/N-ethyl adjacent to an activating group) is 1. The maximum Gasteiger partial charge on any atom is 0.0790 e. The molecule has 0 aliphatic carbocycles. The minimum atomic E-state index is -0.115. The fraction of sp³-hybridized carbons (Fsp3) is 1.00. The number of nitrogens with zero attached hydrogens (tertiary/aromatic N) is 1. The fourth-order valence-corrected chi connectivity index (χ4v) is 3.77. The van der Waals surface area contributed by atoms with Crippen LogP contribution in [0.2, 0.25) is 0 Å². The van der Waals surface area contributed by atoms with Crippen LogP contribution in [0.4, 0.5) is 0 Å². The Labute approximate surface area is 132 Å². The lowest BCUT2D eigenvalue weighted by Crippen LogP contribution is -2.52. The molecular formula is C18H38N2O. The fourth-order valence-electron chi connectivity index (χ4n) is 3.77. The molecule has 126 valence electrons. The van der Waals surface area contributed by atoms with Crippen molar-refractivity contribution in [3.8, 4) is 0 Å². The second-order valence-electron chi connectivity index (χ2n) is 8.93.